The summed E-state index contributed by atoms with van der Waals surface area (Å²) in [6.07, 6.45) is 3.39. The first-order valence-electron chi connectivity index (χ1n) is 11.3. The molecule has 182 valence electrons. The Morgan fingerprint density at radius 2 is 1.94 bits per heavy atom. The van der Waals surface area contributed by atoms with Crippen molar-refractivity contribution in [1.82, 2.24) is 20.5 Å². The molecule has 3 heterocycles. The van der Waals surface area contributed by atoms with Crippen molar-refractivity contribution < 1.29 is 23.8 Å². The van der Waals surface area contributed by atoms with Gasteiger partial charge in [0.2, 0.25) is 5.88 Å². The van der Waals surface area contributed by atoms with Gasteiger partial charge in [-0.15, -0.1) is 5.10 Å². The Bertz CT molecular complexity index is 1130. The zero-order chi connectivity index (χ0) is 24.5. The first kappa shape index (κ1) is 23.9. The first-order valence-corrected chi connectivity index (χ1v) is 11.3. The minimum atomic E-state index is -1.29. The molecule has 2 unspecified atom stereocenters. The van der Waals surface area contributed by atoms with E-state index in [1.165, 1.54) is 24.3 Å². The maximum atomic E-state index is 13.3. The summed E-state index contributed by atoms with van der Waals surface area (Å²) in [6.45, 7) is 7.19. The maximum Gasteiger partial charge on any atom is 0.320 e. The lowest BCUT2D eigenvalue weighted by Crippen LogP contribution is -2.44. The third-order valence-electron chi connectivity index (χ3n) is 5.77. The number of halogens is 1. The molecule has 0 saturated carbocycles. The molecule has 4 N–H and O–H groups in total. The van der Waals surface area contributed by atoms with Crippen LogP contribution >= 0.6 is 0 Å². The number of ether oxygens (including phenoxy) is 2. The van der Waals surface area contributed by atoms with Gasteiger partial charge in [-0.25, -0.2) is 14.2 Å². The number of amides is 2. The Morgan fingerprint density at radius 3 is 2.59 bits per heavy atom. The summed E-state index contributed by atoms with van der Waals surface area (Å²) < 4.78 is 25.2. The Morgan fingerprint density at radius 1 is 1.26 bits per heavy atom. The lowest BCUT2D eigenvalue weighted by atomic mass is 9.92. The zero-order valence-electron chi connectivity index (χ0n) is 19.6. The van der Waals surface area contributed by atoms with E-state index in [1.54, 1.807) is 26.1 Å². The highest BCUT2D eigenvalue weighted by Crippen LogP contribution is 2.29. The molecule has 34 heavy (non-hydrogen) atoms. The van der Waals surface area contributed by atoms with Gasteiger partial charge in [-0.05, 0) is 45.4 Å². The van der Waals surface area contributed by atoms with E-state index in [4.69, 9.17) is 9.47 Å². The van der Waals surface area contributed by atoms with E-state index in [-0.39, 0.29) is 18.3 Å². The van der Waals surface area contributed by atoms with Crippen molar-refractivity contribution in [1.29, 1.82) is 0 Å². The monoisotopic (exact) mass is 471 g/mol. The summed E-state index contributed by atoms with van der Waals surface area (Å²) in [4.78, 5) is 17.0. The summed E-state index contributed by atoms with van der Waals surface area (Å²) in [5, 5.41) is 23.8. The van der Waals surface area contributed by atoms with Gasteiger partial charge in [-0.2, -0.15) is 0 Å². The molecule has 2 aromatic heterocycles. The number of hydrogen-bond acceptors (Lipinski definition) is 6. The average Bonchev–Trinajstić information content (AvgIpc) is 3.13. The fraction of sp³-hybridized carbons (Fsp3) is 0.458. The quantitative estimate of drug-likeness (QED) is 0.430. The minimum absolute atomic E-state index is 0.000870. The molecular weight excluding hydrogens is 441 g/mol. The van der Waals surface area contributed by atoms with Gasteiger partial charge in [0.05, 0.1) is 34.8 Å². The molecule has 0 bridgehead atoms. The molecule has 10 heteroatoms. The van der Waals surface area contributed by atoms with Crippen molar-refractivity contribution >= 4 is 22.8 Å². The number of anilines is 1. The second kappa shape index (κ2) is 9.55. The molecule has 0 aliphatic carbocycles. The number of nitrogens with one attached hydrogen (secondary N) is 3. The smallest absolute Gasteiger partial charge is 0.320 e. The van der Waals surface area contributed by atoms with Crippen LogP contribution in [0, 0.1) is 5.82 Å². The summed E-state index contributed by atoms with van der Waals surface area (Å²) >= 11 is 0. The Hall–Kier alpha value is -3.24. The van der Waals surface area contributed by atoms with Crippen LogP contribution in [0.1, 0.15) is 52.1 Å². The SMILES string of the molecule is CC1CC(Oc2n[nH]c3cc(NC(=O)N[C@@H](c4ccc(F)cc4)C(C)(C)O)ncc23)CC(C)O1. The molecule has 1 aliphatic heterocycles. The molecule has 2 amide bonds. The summed E-state index contributed by atoms with van der Waals surface area (Å²) in [5.74, 6) is 0.356. The third kappa shape index (κ3) is 5.63. The van der Waals surface area contributed by atoms with Crippen molar-refractivity contribution in [2.24, 2.45) is 0 Å². The van der Waals surface area contributed by atoms with Crippen LogP contribution in [-0.2, 0) is 4.74 Å². The van der Waals surface area contributed by atoms with Crippen LogP contribution < -0.4 is 15.4 Å². The van der Waals surface area contributed by atoms with Crippen molar-refractivity contribution in [3.63, 3.8) is 0 Å². The number of carbonyl (C=O) groups is 1. The van der Waals surface area contributed by atoms with Gasteiger partial charge < -0.3 is 19.9 Å². The van der Waals surface area contributed by atoms with E-state index >= 15 is 0 Å². The fourth-order valence-corrected chi connectivity index (χ4v) is 4.25. The number of hydrogen-bond donors (Lipinski definition) is 4. The normalized spacial score (nSPS) is 21.8. The van der Waals surface area contributed by atoms with Gasteiger partial charge in [0, 0.05) is 25.1 Å². The van der Waals surface area contributed by atoms with Crippen LogP contribution in [0.3, 0.4) is 0 Å². The molecule has 0 radical (unpaired) electrons. The van der Waals surface area contributed by atoms with Gasteiger partial charge in [0.25, 0.3) is 0 Å². The maximum absolute atomic E-state index is 13.3. The average molecular weight is 472 g/mol. The van der Waals surface area contributed by atoms with Gasteiger partial charge in [0.1, 0.15) is 17.7 Å². The molecule has 3 atom stereocenters. The number of aromatic nitrogens is 3. The molecule has 9 nitrogen and oxygen atoms in total. The second-order valence-electron chi connectivity index (χ2n) is 9.35. The molecule has 3 aromatic rings. The van der Waals surface area contributed by atoms with Crippen LogP contribution in [0.25, 0.3) is 10.9 Å². The van der Waals surface area contributed by atoms with Gasteiger partial charge in [-0.3, -0.25) is 10.4 Å². The van der Waals surface area contributed by atoms with Crippen molar-refractivity contribution in [2.75, 3.05) is 5.32 Å². The van der Waals surface area contributed by atoms with E-state index < -0.39 is 23.5 Å². The van der Waals surface area contributed by atoms with Gasteiger partial charge in [0.15, 0.2) is 0 Å². The number of aliphatic hydroxyl groups is 1. The largest absolute Gasteiger partial charge is 0.473 e. The molecule has 1 fully saturated rings. The summed E-state index contributed by atoms with van der Waals surface area (Å²) in [5.41, 5.74) is -0.0629. The van der Waals surface area contributed by atoms with Crippen molar-refractivity contribution in [3.05, 3.63) is 47.9 Å². The molecule has 1 saturated heterocycles. The number of pyridine rings is 1. The number of H-pyrrole nitrogens is 1. The molecule has 4 rings (SSSR count). The lowest BCUT2D eigenvalue weighted by molar-refractivity contribution is -0.0727. The van der Waals surface area contributed by atoms with Crippen LogP contribution in [0.5, 0.6) is 5.88 Å². The Balaban J connectivity index is 1.44. The zero-order valence-corrected chi connectivity index (χ0v) is 19.6. The number of benzene rings is 1. The summed E-state index contributed by atoms with van der Waals surface area (Å²) in [7, 11) is 0. The van der Waals surface area contributed by atoms with Crippen LogP contribution in [0.4, 0.5) is 15.0 Å². The standard InChI is InChI=1S/C24H30FN5O4/c1-13-9-17(10-14(2)33-13)34-22-18-12-26-20(11-19(18)29-30-22)27-23(31)28-21(24(3,4)32)15-5-7-16(25)8-6-15/h5-8,11-14,17,21,32H,9-10H2,1-4H3,(H,29,30)(H2,26,27,28,31)/t13?,14?,17?,21-/m0/s1. The number of aromatic amines is 1. The number of urea groups is 1. The van der Waals surface area contributed by atoms with Crippen molar-refractivity contribution in [2.45, 2.75) is 70.5 Å². The number of nitrogens with zero attached hydrogens (tertiary/aromatic N) is 2. The summed E-state index contributed by atoms with van der Waals surface area (Å²) in [6, 6.07) is 5.92. The highest BCUT2D eigenvalue weighted by molar-refractivity contribution is 5.92. The van der Waals surface area contributed by atoms with Crippen molar-refractivity contribution in [3.8, 4) is 5.88 Å². The van der Waals surface area contributed by atoms with Gasteiger partial charge in [-0.1, -0.05) is 12.1 Å². The third-order valence-corrected chi connectivity index (χ3v) is 5.77. The fourth-order valence-electron chi connectivity index (χ4n) is 4.25. The predicted molar refractivity (Wildman–Crippen MR) is 125 cm³/mol. The Labute approximate surface area is 197 Å². The van der Waals surface area contributed by atoms with Crippen LogP contribution in [0.2, 0.25) is 0 Å². The van der Waals surface area contributed by atoms with Crippen LogP contribution in [-0.4, -0.2) is 50.2 Å². The highest BCUT2D eigenvalue weighted by atomic mass is 19.1. The molecular formula is C24H30FN5O4. The van der Waals surface area contributed by atoms with Crippen LogP contribution in [0.15, 0.2) is 36.5 Å². The number of carbonyl (C=O) groups excluding carboxylic acids is 1. The number of fused-ring (bicyclic) bond motifs is 1. The highest BCUT2D eigenvalue weighted by Gasteiger charge is 2.30. The molecule has 1 aliphatic rings. The van der Waals surface area contributed by atoms with E-state index in [1.807, 2.05) is 13.8 Å². The Kier molecular flexibility index (Phi) is 6.72. The second-order valence-corrected chi connectivity index (χ2v) is 9.35. The predicted octanol–water partition coefficient (Wildman–Crippen LogP) is 4.07. The van der Waals surface area contributed by atoms with E-state index in [0.717, 1.165) is 12.8 Å². The lowest BCUT2D eigenvalue weighted by Gasteiger charge is -2.31. The molecule has 1 aromatic carbocycles. The number of rotatable bonds is 6. The van der Waals surface area contributed by atoms with E-state index in [0.29, 0.717) is 28.2 Å². The van der Waals surface area contributed by atoms with E-state index in [2.05, 4.69) is 25.8 Å². The first-order chi connectivity index (χ1) is 16.1. The molecule has 0 spiro atoms. The van der Waals surface area contributed by atoms with E-state index in [9.17, 15) is 14.3 Å². The topological polar surface area (TPSA) is 121 Å². The van der Waals surface area contributed by atoms with Gasteiger partial charge >= 0.3 is 6.03 Å². The minimum Gasteiger partial charge on any atom is -0.473 e.